The van der Waals surface area contributed by atoms with Crippen molar-refractivity contribution in [3.05, 3.63) is 70.1 Å². The van der Waals surface area contributed by atoms with Crippen molar-refractivity contribution in [2.75, 3.05) is 40.5 Å². The molecule has 0 spiro atoms. The van der Waals surface area contributed by atoms with Crippen LogP contribution in [0.3, 0.4) is 0 Å². The number of hydrogen-bond donors (Lipinski definition) is 0. The summed E-state index contributed by atoms with van der Waals surface area (Å²) in [6, 6.07) is 15.2. The summed E-state index contributed by atoms with van der Waals surface area (Å²) in [5.74, 6) is 1.86. The Morgan fingerprint density at radius 2 is 1.77 bits per heavy atom. The lowest BCUT2D eigenvalue weighted by molar-refractivity contribution is 0.105. The number of benzene rings is 2. The Morgan fingerprint density at radius 1 is 0.971 bits per heavy atom. The van der Waals surface area contributed by atoms with E-state index < -0.39 is 0 Å². The Balaban J connectivity index is 1.31. The first-order valence-electron chi connectivity index (χ1n) is 12.8. The molecule has 5 heteroatoms. The van der Waals surface area contributed by atoms with E-state index in [-0.39, 0.29) is 6.10 Å². The molecule has 6 rings (SSSR count). The van der Waals surface area contributed by atoms with E-state index in [9.17, 15) is 0 Å². The van der Waals surface area contributed by atoms with Crippen LogP contribution < -0.4 is 9.47 Å². The molecule has 1 aromatic heterocycles. The first-order valence-corrected chi connectivity index (χ1v) is 13.6. The van der Waals surface area contributed by atoms with Gasteiger partial charge in [-0.05, 0) is 85.0 Å². The maximum atomic E-state index is 6.12. The molecule has 0 saturated carbocycles. The molecule has 2 heterocycles. The van der Waals surface area contributed by atoms with Crippen LogP contribution in [-0.4, -0.2) is 51.5 Å². The van der Waals surface area contributed by atoms with Crippen molar-refractivity contribution in [2.24, 2.45) is 0 Å². The predicted molar refractivity (Wildman–Crippen MR) is 145 cm³/mol. The van der Waals surface area contributed by atoms with E-state index in [1.807, 2.05) is 18.4 Å². The molecule has 1 unspecified atom stereocenters. The summed E-state index contributed by atoms with van der Waals surface area (Å²) in [4.78, 5) is 3.90. The number of likely N-dealkylation sites (tertiary alicyclic amines) is 1. The van der Waals surface area contributed by atoms with Crippen LogP contribution in [0.15, 0.2) is 54.1 Å². The highest BCUT2D eigenvalue weighted by Gasteiger charge is 2.34. The summed E-state index contributed by atoms with van der Waals surface area (Å²) < 4.78 is 18.7. The molecule has 1 aliphatic heterocycles. The van der Waals surface area contributed by atoms with E-state index >= 15 is 0 Å². The van der Waals surface area contributed by atoms with Crippen molar-refractivity contribution >= 4 is 32.6 Å². The van der Waals surface area contributed by atoms with Gasteiger partial charge in [-0.2, -0.15) is 0 Å². The Morgan fingerprint density at radius 3 is 2.54 bits per heavy atom. The predicted octanol–water partition coefficient (Wildman–Crippen LogP) is 6.78. The van der Waals surface area contributed by atoms with Gasteiger partial charge in [0.25, 0.3) is 0 Å². The summed E-state index contributed by atoms with van der Waals surface area (Å²) in [7, 11) is 3.56. The molecule has 2 aromatic carbocycles. The van der Waals surface area contributed by atoms with E-state index in [0.29, 0.717) is 0 Å². The highest BCUT2D eigenvalue weighted by molar-refractivity contribution is 7.20. The first kappa shape index (κ1) is 22.8. The zero-order chi connectivity index (χ0) is 23.8. The van der Waals surface area contributed by atoms with Crippen LogP contribution in [0.1, 0.15) is 48.1 Å². The van der Waals surface area contributed by atoms with Crippen LogP contribution in [-0.2, 0) is 4.74 Å². The van der Waals surface area contributed by atoms with E-state index in [1.165, 1.54) is 75.2 Å². The summed E-state index contributed by atoms with van der Waals surface area (Å²) in [6.45, 7) is 4.18. The van der Waals surface area contributed by atoms with Crippen molar-refractivity contribution < 1.29 is 14.2 Å². The highest BCUT2D eigenvalue weighted by atomic mass is 32.1. The summed E-state index contributed by atoms with van der Waals surface area (Å²) in [5.41, 5.74) is 6.78. The fourth-order valence-corrected chi connectivity index (χ4v) is 7.05. The number of piperidine rings is 1. The largest absolute Gasteiger partial charge is 0.497 e. The van der Waals surface area contributed by atoms with E-state index in [4.69, 9.17) is 14.2 Å². The van der Waals surface area contributed by atoms with Crippen LogP contribution in [0, 0.1) is 0 Å². The van der Waals surface area contributed by atoms with Gasteiger partial charge in [0.05, 0.1) is 13.2 Å². The smallest absolute Gasteiger partial charge is 0.120 e. The van der Waals surface area contributed by atoms with Gasteiger partial charge in [-0.25, -0.2) is 0 Å². The number of fused-ring (bicyclic) bond motifs is 5. The van der Waals surface area contributed by atoms with Crippen LogP contribution in [0.2, 0.25) is 0 Å². The molecule has 1 atom stereocenters. The van der Waals surface area contributed by atoms with E-state index in [2.05, 4.69) is 53.4 Å². The molecule has 0 amide bonds. The summed E-state index contributed by atoms with van der Waals surface area (Å²) in [5, 5.41) is 1.31. The van der Waals surface area contributed by atoms with Crippen LogP contribution in [0.4, 0.5) is 0 Å². The van der Waals surface area contributed by atoms with Gasteiger partial charge in [-0.1, -0.05) is 24.6 Å². The standard InChI is InChI=1S/C30H33NO3S/c1-32-22-10-12-24-26(18-22)28(29-25-13-11-23(33-2)19-27(25)35-30(24)29)20-6-8-21(9-7-20)34-17-16-31-14-4-3-5-15-31/h6-9,11-13,19,22H,3-5,10,14-18H2,1-2H3. The molecule has 35 heavy (non-hydrogen) atoms. The second-order valence-corrected chi connectivity index (χ2v) is 10.8. The monoisotopic (exact) mass is 487 g/mol. The summed E-state index contributed by atoms with van der Waals surface area (Å²) in [6.07, 6.45) is 8.53. The molecule has 2 aliphatic carbocycles. The van der Waals surface area contributed by atoms with Crippen molar-refractivity contribution in [3.8, 4) is 11.5 Å². The number of nitrogens with zero attached hydrogens (tertiary/aromatic N) is 1. The van der Waals surface area contributed by atoms with Crippen LogP contribution >= 0.6 is 11.3 Å². The van der Waals surface area contributed by atoms with Gasteiger partial charge >= 0.3 is 0 Å². The van der Waals surface area contributed by atoms with Gasteiger partial charge in [-0.15, -0.1) is 11.3 Å². The topological polar surface area (TPSA) is 30.9 Å². The number of rotatable bonds is 7. The van der Waals surface area contributed by atoms with E-state index in [1.54, 1.807) is 7.11 Å². The van der Waals surface area contributed by atoms with Gasteiger partial charge in [0.2, 0.25) is 0 Å². The van der Waals surface area contributed by atoms with Gasteiger partial charge in [0.15, 0.2) is 0 Å². The molecule has 4 nitrogen and oxygen atoms in total. The van der Waals surface area contributed by atoms with Crippen molar-refractivity contribution in [1.29, 1.82) is 0 Å². The number of methoxy groups -OCH3 is 2. The Bertz CT molecular complexity index is 1280. The van der Waals surface area contributed by atoms with Crippen molar-refractivity contribution in [2.45, 2.75) is 38.2 Å². The van der Waals surface area contributed by atoms with Gasteiger partial charge < -0.3 is 14.2 Å². The van der Waals surface area contributed by atoms with Gasteiger partial charge in [0.1, 0.15) is 18.1 Å². The minimum Gasteiger partial charge on any atom is -0.497 e. The lowest BCUT2D eigenvalue weighted by atomic mass is 9.89. The molecule has 3 aromatic rings. The average Bonchev–Trinajstić information content (AvgIpc) is 3.43. The quantitative estimate of drug-likeness (QED) is 0.367. The van der Waals surface area contributed by atoms with Crippen molar-refractivity contribution in [3.63, 3.8) is 0 Å². The minimum absolute atomic E-state index is 0.238. The number of thiophene rings is 1. The molecule has 3 aliphatic rings. The summed E-state index contributed by atoms with van der Waals surface area (Å²) >= 11 is 1.88. The third-order valence-electron chi connectivity index (χ3n) is 7.64. The average molecular weight is 488 g/mol. The fraction of sp³-hybridized carbons (Fsp3) is 0.400. The molecule has 0 bridgehead atoms. The van der Waals surface area contributed by atoms with Crippen LogP contribution in [0.5, 0.6) is 11.5 Å². The molecule has 0 N–H and O–H groups in total. The lowest BCUT2D eigenvalue weighted by Crippen LogP contribution is -2.33. The molecule has 182 valence electrons. The Hall–Kier alpha value is -2.60. The Kier molecular flexibility index (Phi) is 6.40. The highest BCUT2D eigenvalue weighted by Crippen LogP contribution is 2.54. The first-order chi connectivity index (χ1) is 17.2. The minimum atomic E-state index is 0.238. The Labute approximate surface area is 211 Å². The lowest BCUT2D eigenvalue weighted by Gasteiger charge is -2.26. The fourth-order valence-electron chi connectivity index (χ4n) is 5.74. The zero-order valence-electron chi connectivity index (χ0n) is 20.6. The van der Waals surface area contributed by atoms with E-state index in [0.717, 1.165) is 37.5 Å². The SMILES string of the molecule is COc1ccc2c3c(sc2c1)C1=CCC(OC)CC1=C3c1ccc(OCCN2CCCCC2)cc1. The number of allylic oxidation sites excluding steroid dienone is 1. The molecule has 1 fully saturated rings. The second kappa shape index (κ2) is 9.81. The molecule has 0 radical (unpaired) electrons. The normalized spacial score (nSPS) is 20.1. The molecular weight excluding hydrogens is 454 g/mol. The van der Waals surface area contributed by atoms with Gasteiger partial charge in [0, 0.05) is 40.6 Å². The van der Waals surface area contributed by atoms with Gasteiger partial charge in [-0.3, -0.25) is 4.90 Å². The second-order valence-electron chi connectivity index (χ2n) is 9.71. The maximum absolute atomic E-state index is 6.12. The zero-order valence-corrected chi connectivity index (χ0v) is 21.5. The number of hydrogen-bond acceptors (Lipinski definition) is 5. The maximum Gasteiger partial charge on any atom is 0.120 e. The molecular formula is C30H33NO3S. The number of ether oxygens (including phenoxy) is 3. The third-order valence-corrected chi connectivity index (χ3v) is 8.82. The third kappa shape index (κ3) is 4.31. The van der Waals surface area contributed by atoms with Crippen molar-refractivity contribution in [1.82, 2.24) is 4.90 Å². The molecule has 1 saturated heterocycles. The van der Waals surface area contributed by atoms with Crippen LogP contribution in [0.25, 0.3) is 21.2 Å².